The first-order chi connectivity index (χ1) is 9.65. The highest BCUT2D eigenvalue weighted by Crippen LogP contribution is 2.23. The summed E-state index contributed by atoms with van der Waals surface area (Å²) < 4.78 is 0. The average molecular weight is 294 g/mol. The maximum absolute atomic E-state index is 12.5. The lowest BCUT2D eigenvalue weighted by Crippen LogP contribution is -2.43. The van der Waals surface area contributed by atoms with Crippen molar-refractivity contribution in [1.29, 1.82) is 0 Å². The number of amides is 1. The van der Waals surface area contributed by atoms with Gasteiger partial charge in [-0.05, 0) is 33.3 Å². The van der Waals surface area contributed by atoms with Gasteiger partial charge in [-0.3, -0.25) is 14.9 Å². The molecule has 21 heavy (non-hydrogen) atoms. The third-order valence-corrected chi connectivity index (χ3v) is 3.22. The maximum Gasteiger partial charge on any atom is 0.269 e. The smallest absolute Gasteiger partial charge is 0.269 e. The van der Waals surface area contributed by atoms with Crippen molar-refractivity contribution >= 4 is 11.6 Å². The number of likely N-dealkylation sites (N-methyl/N-ethyl adjacent to an activating group) is 1. The molecule has 1 unspecified atom stereocenters. The van der Waals surface area contributed by atoms with Crippen molar-refractivity contribution in [3.05, 3.63) is 39.9 Å². The number of rotatable bonds is 6. The summed E-state index contributed by atoms with van der Waals surface area (Å²) in [6.45, 7) is 7.53. The van der Waals surface area contributed by atoms with E-state index < -0.39 is 16.4 Å². The van der Waals surface area contributed by atoms with Crippen LogP contribution in [-0.4, -0.2) is 39.5 Å². The van der Waals surface area contributed by atoms with Gasteiger partial charge in [0.2, 0.25) is 5.91 Å². The Kier molecular flexibility index (Phi) is 5.43. The van der Waals surface area contributed by atoms with Gasteiger partial charge in [0.15, 0.2) is 0 Å². The van der Waals surface area contributed by atoms with Gasteiger partial charge in [0.25, 0.3) is 5.69 Å². The summed E-state index contributed by atoms with van der Waals surface area (Å²) in [5, 5.41) is 20.7. The number of benzene rings is 1. The number of hydrogen-bond donors (Lipinski definition) is 1. The zero-order valence-electron chi connectivity index (χ0n) is 12.9. The van der Waals surface area contributed by atoms with E-state index in [1.54, 1.807) is 37.8 Å². The fourth-order valence-electron chi connectivity index (χ4n) is 2.14. The van der Waals surface area contributed by atoms with Crippen LogP contribution in [0.15, 0.2) is 24.3 Å². The summed E-state index contributed by atoms with van der Waals surface area (Å²) in [7, 11) is 0. The van der Waals surface area contributed by atoms with Crippen molar-refractivity contribution in [2.24, 2.45) is 0 Å². The van der Waals surface area contributed by atoms with Gasteiger partial charge in [0.05, 0.1) is 16.4 Å². The number of nitro groups is 1. The molecular formula is C15H22N2O4. The number of nitro benzene ring substituents is 1. The molecule has 0 aliphatic heterocycles. The molecule has 6 nitrogen and oxygen atoms in total. The summed E-state index contributed by atoms with van der Waals surface area (Å²) in [4.78, 5) is 24.4. The molecule has 0 radical (unpaired) electrons. The quantitative estimate of drug-likeness (QED) is 0.644. The molecule has 0 spiro atoms. The summed E-state index contributed by atoms with van der Waals surface area (Å²) in [6.07, 6.45) is 0. The third kappa shape index (κ3) is 4.82. The van der Waals surface area contributed by atoms with E-state index in [1.165, 1.54) is 12.1 Å². The van der Waals surface area contributed by atoms with Crippen LogP contribution in [0.3, 0.4) is 0 Å². The van der Waals surface area contributed by atoms with Gasteiger partial charge < -0.3 is 10.0 Å². The van der Waals surface area contributed by atoms with E-state index >= 15 is 0 Å². The Balaban J connectivity index is 2.95. The van der Waals surface area contributed by atoms with Crippen molar-refractivity contribution in [2.75, 3.05) is 13.1 Å². The number of carbonyl (C=O) groups is 1. The predicted molar refractivity (Wildman–Crippen MR) is 80.1 cm³/mol. The molecule has 1 N–H and O–H groups in total. The van der Waals surface area contributed by atoms with Gasteiger partial charge in [-0.1, -0.05) is 12.1 Å². The largest absolute Gasteiger partial charge is 0.389 e. The molecule has 1 rings (SSSR count). The van der Waals surface area contributed by atoms with Gasteiger partial charge >= 0.3 is 0 Å². The van der Waals surface area contributed by atoms with Gasteiger partial charge in [0, 0.05) is 25.2 Å². The standard InChI is InChI=1S/C15H22N2O4/c1-5-16(10-15(3,4)19)14(18)11(2)12-7-6-8-13(9-12)17(20)21/h6-9,11,19H,5,10H2,1-4H3. The predicted octanol–water partition coefficient (Wildman–Crippen LogP) is 2.32. The molecule has 0 aliphatic carbocycles. The Morgan fingerprint density at radius 1 is 1.48 bits per heavy atom. The van der Waals surface area contributed by atoms with Crippen molar-refractivity contribution in [1.82, 2.24) is 4.90 Å². The highest BCUT2D eigenvalue weighted by molar-refractivity contribution is 5.83. The number of nitrogens with zero attached hydrogens (tertiary/aromatic N) is 2. The van der Waals surface area contributed by atoms with Gasteiger partial charge in [-0.15, -0.1) is 0 Å². The lowest BCUT2D eigenvalue weighted by atomic mass is 9.98. The second-order valence-electron chi connectivity index (χ2n) is 5.74. The molecule has 0 bridgehead atoms. The average Bonchev–Trinajstić information content (AvgIpc) is 2.42. The Morgan fingerprint density at radius 3 is 2.57 bits per heavy atom. The van der Waals surface area contributed by atoms with Gasteiger partial charge in [0.1, 0.15) is 0 Å². The Hall–Kier alpha value is -1.95. The highest BCUT2D eigenvalue weighted by atomic mass is 16.6. The first-order valence-corrected chi connectivity index (χ1v) is 6.91. The maximum atomic E-state index is 12.5. The van der Waals surface area contributed by atoms with E-state index in [9.17, 15) is 20.0 Å². The van der Waals surface area contributed by atoms with E-state index in [2.05, 4.69) is 0 Å². The Morgan fingerprint density at radius 2 is 2.10 bits per heavy atom. The van der Waals surface area contributed by atoms with Crippen molar-refractivity contribution < 1.29 is 14.8 Å². The molecule has 1 atom stereocenters. The minimum absolute atomic E-state index is 0.0299. The first kappa shape index (κ1) is 17.1. The second-order valence-corrected chi connectivity index (χ2v) is 5.74. The third-order valence-electron chi connectivity index (χ3n) is 3.22. The fraction of sp³-hybridized carbons (Fsp3) is 0.533. The fourth-order valence-corrected chi connectivity index (χ4v) is 2.14. The van der Waals surface area contributed by atoms with E-state index in [4.69, 9.17) is 0 Å². The SMILES string of the molecule is CCN(CC(C)(C)O)C(=O)C(C)c1cccc([N+](=O)[O-])c1. The van der Waals surface area contributed by atoms with Crippen molar-refractivity contribution in [3.8, 4) is 0 Å². The van der Waals surface area contributed by atoms with E-state index in [1.807, 2.05) is 6.92 Å². The molecule has 0 aliphatic rings. The molecule has 0 aromatic heterocycles. The summed E-state index contributed by atoms with van der Waals surface area (Å²) in [5.74, 6) is -0.646. The minimum atomic E-state index is -0.978. The normalized spacial score (nSPS) is 12.8. The molecule has 0 fully saturated rings. The van der Waals surface area contributed by atoms with Gasteiger partial charge in [-0.25, -0.2) is 0 Å². The molecule has 1 amide bonds. The van der Waals surface area contributed by atoms with Crippen LogP contribution in [0.25, 0.3) is 0 Å². The highest BCUT2D eigenvalue weighted by Gasteiger charge is 2.26. The monoisotopic (exact) mass is 294 g/mol. The van der Waals surface area contributed by atoms with Crippen LogP contribution >= 0.6 is 0 Å². The van der Waals surface area contributed by atoms with Crippen molar-refractivity contribution in [2.45, 2.75) is 39.2 Å². The number of aliphatic hydroxyl groups is 1. The van der Waals surface area contributed by atoms with Crippen LogP contribution < -0.4 is 0 Å². The molecule has 0 saturated heterocycles. The van der Waals surface area contributed by atoms with E-state index in [0.29, 0.717) is 12.1 Å². The molecule has 1 aromatic carbocycles. The van der Waals surface area contributed by atoms with E-state index in [-0.39, 0.29) is 18.1 Å². The van der Waals surface area contributed by atoms with Crippen LogP contribution in [0.1, 0.15) is 39.2 Å². The Bertz CT molecular complexity index is 523. The van der Waals surface area contributed by atoms with Crippen LogP contribution in [0.4, 0.5) is 5.69 Å². The summed E-state index contributed by atoms with van der Waals surface area (Å²) >= 11 is 0. The summed E-state index contributed by atoms with van der Waals surface area (Å²) in [5.41, 5.74) is -0.408. The van der Waals surface area contributed by atoms with Crippen LogP contribution in [0.2, 0.25) is 0 Å². The number of hydrogen-bond acceptors (Lipinski definition) is 4. The number of non-ortho nitro benzene ring substituents is 1. The zero-order chi connectivity index (χ0) is 16.2. The lowest BCUT2D eigenvalue weighted by Gasteiger charge is -2.30. The van der Waals surface area contributed by atoms with Crippen LogP contribution in [-0.2, 0) is 4.79 Å². The van der Waals surface area contributed by atoms with Crippen LogP contribution in [0.5, 0.6) is 0 Å². The van der Waals surface area contributed by atoms with Gasteiger partial charge in [-0.2, -0.15) is 0 Å². The molecule has 6 heteroatoms. The molecule has 0 heterocycles. The zero-order valence-corrected chi connectivity index (χ0v) is 12.9. The number of carbonyl (C=O) groups excluding carboxylic acids is 1. The molecule has 0 saturated carbocycles. The Labute approximate surface area is 124 Å². The first-order valence-electron chi connectivity index (χ1n) is 6.91. The van der Waals surface area contributed by atoms with E-state index in [0.717, 1.165) is 0 Å². The second kappa shape index (κ2) is 6.67. The lowest BCUT2D eigenvalue weighted by molar-refractivity contribution is -0.384. The summed E-state index contributed by atoms with van der Waals surface area (Å²) in [6, 6.07) is 6.09. The van der Waals surface area contributed by atoms with Crippen LogP contribution in [0, 0.1) is 10.1 Å². The molecule has 1 aromatic rings. The minimum Gasteiger partial charge on any atom is -0.389 e. The molecule has 116 valence electrons. The topological polar surface area (TPSA) is 83.7 Å². The van der Waals surface area contributed by atoms with Crippen molar-refractivity contribution in [3.63, 3.8) is 0 Å². The molecular weight excluding hydrogens is 272 g/mol.